The Bertz CT molecular complexity index is 504. The van der Waals surface area contributed by atoms with Crippen LogP contribution in [0.2, 0.25) is 0 Å². The largest absolute Gasteiger partial charge is 0.484 e. The number of carbonyl (C=O) groups is 1. The molecule has 3 N–H and O–H groups in total. The van der Waals surface area contributed by atoms with E-state index >= 15 is 0 Å². The van der Waals surface area contributed by atoms with Crippen LogP contribution < -0.4 is 15.4 Å². The Hall–Kier alpha value is -1.96. The summed E-state index contributed by atoms with van der Waals surface area (Å²) in [7, 11) is 0. The SMILES string of the molecule is CC(C)(CCO)NC(=O)Nc1cccc(OCC(F)(F)F)c1. The number of rotatable bonds is 6. The molecule has 0 radical (unpaired) electrons. The maximum Gasteiger partial charge on any atom is 0.422 e. The summed E-state index contributed by atoms with van der Waals surface area (Å²) in [6.07, 6.45) is -4.05. The molecule has 0 unspecified atom stereocenters. The summed E-state index contributed by atoms with van der Waals surface area (Å²) in [5.74, 6) is 0.00439. The Morgan fingerprint density at radius 3 is 2.59 bits per heavy atom. The Morgan fingerprint density at radius 2 is 2.00 bits per heavy atom. The number of ether oxygens (including phenoxy) is 1. The maximum absolute atomic E-state index is 12.1. The quantitative estimate of drug-likeness (QED) is 0.755. The second-order valence-electron chi connectivity index (χ2n) is 5.37. The van der Waals surface area contributed by atoms with Crippen LogP contribution in [0.15, 0.2) is 24.3 Å². The van der Waals surface area contributed by atoms with Crippen LogP contribution in [0.3, 0.4) is 0 Å². The van der Waals surface area contributed by atoms with E-state index in [1.54, 1.807) is 13.8 Å². The molecule has 22 heavy (non-hydrogen) atoms. The predicted molar refractivity (Wildman–Crippen MR) is 75.9 cm³/mol. The number of aliphatic hydroxyl groups is 1. The van der Waals surface area contributed by atoms with E-state index in [0.29, 0.717) is 12.1 Å². The number of anilines is 1. The molecule has 5 nitrogen and oxygen atoms in total. The lowest BCUT2D eigenvalue weighted by molar-refractivity contribution is -0.153. The molecule has 2 amide bonds. The monoisotopic (exact) mass is 320 g/mol. The van der Waals surface area contributed by atoms with Gasteiger partial charge in [-0.15, -0.1) is 0 Å². The summed E-state index contributed by atoms with van der Waals surface area (Å²) in [6, 6.07) is 5.14. The molecule has 0 atom stereocenters. The first-order chi connectivity index (χ1) is 10.1. The Morgan fingerprint density at radius 1 is 1.32 bits per heavy atom. The number of carbonyl (C=O) groups excluding carboxylic acids is 1. The zero-order chi connectivity index (χ0) is 16.8. The van der Waals surface area contributed by atoms with E-state index in [1.165, 1.54) is 24.3 Å². The molecule has 124 valence electrons. The minimum atomic E-state index is -4.42. The number of alkyl halides is 3. The normalized spacial score (nSPS) is 11.9. The van der Waals surface area contributed by atoms with Gasteiger partial charge in [-0.3, -0.25) is 0 Å². The Balaban J connectivity index is 2.61. The van der Waals surface area contributed by atoms with Crippen molar-refractivity contribution in [1.82, 2.24) is 5.32 Å². The Kier molecular flexibility index (Phi) is 6.04. The van der Waals surface area contributed by atoms with E-state index in [-0.39, 0.29) is 12.4 Å². The van der Waals surface area contributed by atoms with Gasteiger partial charge in [0.25, 0.3) is 0 Å². The van der Waals surface area contributed by atoms with Gasteiger partial charge in [-0.05, 0) is 32.4 Å². The van der Waals surface area contributed by atoms with Gasteiger partial charge in [0, 0.05) is 23.9 Å². The van der Waals surface area contributed by atoms with Gasteiger partial charge in [-0.25, -0.2) is 4.79 Å². The van der Waals surface area contributed by atoms with E-state index in [1.807, 2.05) is 0 Å². The molecule has 0 fully saturated rings. The fraction of sp³-hybridized carbons (Fsp3) is 0.500. The highest BCUT2D eigenvalue weighted by atomic mass is 19.4. The predicted octanol–water partition coefficient (Wildman–Crippen LogP) is 2.91. The number of halogens is 3. The first kappa shape index (κ1) is 18.1. The summed E-state index contributed by atoms with van der Waals surface area (Å²) in [5, 5.41) is 14.0. The minimum Gasteiger partial charge on any atom is -0.484 e. The average molecular weight is 320 g/mol. The lowest BCUT2D eigenvalue weighted by atomic mass is 10.0. The van der Waals surface area contributed by atoms with Crippen molar-refractivity contribution in [2.45, 2.75) is 32.0 Å². The molecular weight excluding hydrogens is 301 g/mol. The number of aliphatic hydroxyl groups excluding tert-OH is 1. The fourth-order valence-electron chi connectivity index (χ4n) is 1.64. The van der Waals surface area contributed by atoms with Crippen molar-refractivity contribution in [3.8, 4) is 5.75 Å². The zero-order valence-corrected chi connectivity index (χ0v) is 12.3. The van der Waals surface area contributed by atoms with E-state index in [4.69, 9.17) is 5.11 Å². The van der Waals surface area contributed by atoms with Gasteiger partial charge in [-0.1, -0.05) is 6.07 Å². The molecule has 1 aromatic rings. The summed E-state index contributed by atoms with van der Waals surface area (Å²) in [5.41, 5.74) is -0.305. The highest BCUT2D eigenvalue weighted by Gasteiger charge is 2.28. The molecule has 0 aliphatic heterocycles. The number of hydrogen-bond acceptors (Lipinski definition) is 3. The smallest absolute Gasteiger partial charge is 0.422 e. The second kappa shape index (κ2) is 7.35. The van der Waals surface area contributed by atoms with Gasteiger partial charge in [0.05, 0.1) is 0 Å². The first-order valence-electron chi connectivity index (χ1n) is 6.61. The van der Waals surface area contributed by atoms with Crippen LogP contribution in [-0.4, -0.2) is 36.1 Å². The molecule has 0 heterocycles. The molecule has 0 aromatic heterocycles. The van der Waals surface area contributed by atoms with Crippen LogP contribution in [0.1, 0.15) is 20.3 Å². The van der Waals surface area contributed by atoms with Crippen LogP contribution in [0.5, 0.6) is 5.75 Å². The van der Waals surface area contributed by atoms with Crippen molar-refractivity contribution in [2.24, 2.45) is 0 Å². The summed E-state index contributed by atoms with van der Waals surface area (Å²) in [4.78, 5) is 11.8. The third kappa shape index (κ3) is 7.16. The van der Waals surface area contributed by atoms with Gasteiger partial charge in [0.1, 0.15) is 5.75 Å². The van der Waals surface area contributed by atoms with Crippen LogP contribution in [0, 0.1) is 0 Å². The standard InChI is InChI=1S/C14H19F3N2O3/c1-13(2,6-7-20)19-12(21)18-10-4-3-5-11(8-10)22-9-14(15,16)17/h3-5,8,20H,6-7,9H2,1-2H3,(H2,18,19,21). The first-order valence-corrected chi connectivity index (χ1v) is 6.61. The molecule has 0 saturated heterocycles. The van der Waals surface area contributed by atoms with Gasteiger partial charge >= 0.3 is 12.2 Å². The third-order valence-corrected chi connectivity index (χ3v) is 2.68. The van der Waals surface area contributed by atoms with Crippen LogP contribution in [-0.2, 0) is 0 Å². The van der Waals surface area contributed by atoms with Crippen molar-refractivity contribution in [3.05, 3.63) is 24.3 Å². The molecule has 1 aromatic carbocycles. The lowest BCUT2D eigenvalue weighted by Gasteiger charge is -2.25. The Labute approximate surface area is 126 Å². The van der Waals surface area contributed by atoms with Crippen molar-refractivity contribution in [3.63, 3.8) is 0 Å². The van der Waals surface area contributed by atoms with E-state index in [2.05, 4.69) is 15.4 Å². The molecule has 0 aliphatic rings. The van der Waals surface area contributed by atoms with E-state index in [9.17, 15) is 18.0 Å². The van der Waals surface area contributed by atoms with Crippen LogP contribution in [0.4, 0.5) is 23.7 Å². The van der Waals surface area contributed by atoms with E-state index in [0.717, 1.165) is 0 Å². The summed E-state index contributed by atoms with van der Waals surface area (Å²) >= 11 is 0. The van der Waals surface area contributed by atoms with Gasteiger partial charge in [0.15, 0.2) is 6.61 Å². The number of urea groups is 1. The van der Waals surface area contributed by atoms with Gasteiger partial charge < -0.3 is 20.5 Å². The van der Waals surface area contributed by atoms with Crippen molar-refractivity contribution < 1.29 is 27.8 Å². The van der Waals surface area contributed by atoms with E-state index < -0.39 is 24.4 Å². The summed E-state index contributed by atoms with van der Waals surface area (Å²) < 4.78 is 40.9. The van der Waals surface area contributed by atoms with Crippen molar-refractivity contribution in [2.75, 3.05) is 18.5 Å². The number of nitrogens with one attached hydrogen (secondary N) is 2. The fourth-order valence-corrected chi connectivity index (χ4v) is 1.64. The molecule has 8 heteroatoms. The van der Waals surface area contributed by atoms with Crippen molar-refractivity contribution >= 4 is 11.7 Å². The highest BCUT2D eigenvalue weighted by Crippen LogP contribution is 2.21. The molecule has 1 rings (SSSR count). The third-order valence-electron chi connectivity index (χ3n) is 2.68. The maximum atomic E-state index is 12.1. The molecular formula is C14H19F3N2O3. The zero-order valence-electron chi connectivity index (χ0n) is 12.3. The van der Waals surface area contributed by atoms with Crippen LogP contribution >= 0.6 is 0 Å². The number of hydrogen-bond donors (Lipinski definition) is 3. The summed E-state index contributed by atoms with van der Waals surface area (Å²) in [6.45, 7) is 2.01. The van der Waals surface area contributed by atoms with Crippen molar-refractivity contribution in [1.29, 1.82) is 0 Å². The molecule has 0 spiro atoms. The topological polar surface area (TPSA) is 70.6 Å². The van der Waals surface area contributed by atoms with Gasteiger partial charge in [0.2, 0.25) is 0 Å². The molecule has 0 saturated carbocycles. The minimum absolute atomic E-state index is 0.00439. The second-order valence-corrected chi connectivity index (χ2v) is 5.37. The lowest BCUT2D eigenvalue weighted by Crippen LogP contribution is -2.46. The molecule has 0 aliphatic carbocycles. The average Bonchev–Trinajstić information content (AvgIpc) is 2.35. The molecule has 0 bridgehead atoms. The van der Waals surface area contributed by atoms with Crippen LogP contribution in [0.25, 0.3) is 0 Å². The number of benzene rings is 1. The van der Waals surface area contributed by atoms with Gasteiger partial charge in [-0.2, -0.15) is 13.2 Å². The number of amides is 2. The highest BCUT2D eigenvalue weighted by molar-refractivity contribution is 5.89.